The van der Waals surface area contributed by atoms with Gasteiger partial charge in [-0.1, -0.05) is 67.2 Å². The molecule has 276 valence electrons. The SMILES string of the molecule is FC(F)(F)COc1ccc(C2(c3cc(Br)ccc3Cl)SCCS2)cc1.O=C(c1ccc(OCC(F)(F)F)cc1)c1cc(Br)ccc1Cl.SCCS. The van der Waals surface area contributed by atoms with Crippen molar-refractivity contribution >= 4 is 110 Å². The molecule has 1 heterocycles. The molecule has 0 amide bonds. The summed E-state index contributed by atoms with van der Waals surface area (Å²) in [6.45, 7) is -2.67. The van der Waals surface area contributed by atoms with Gasteiger partial charge in [0.05, 0.1) is 5.02 Å². The molecule has 1 aliphatic rings. The van der Waals surface area contributed by atoms with E-state index in [2.05, 4.69) is 61.9 Å². The van der Waals surface area contributed by atoms with E-state index in [4.69, 9.17) is 27.9 Å². The van der Waals surface area contributed by atoms with E-state index in [9.17, 15) is 31.1 Å². The summed E-state index contributed by atoms with van der Waals surface area (Å²) in [5.41, 5.74) is 2.58. The quantitative estimate of drug-likeness (QED) is 0.0993. The highest BCUT2D eigenvalue weighted by Gasteiger charge is 2.41. The van der Waals surface area contributed by atoms with Crippen LogP contribution < -0.4 is 9.47 Å². The number of ketones is 1. The van der Waals surface area contributed by atoms with Crippen LogP contribution in [-0.4, -0.2) is 54.4 Å². The summed E-state index contributed by atoms with van der Waals surface area (Å²) < 4.78 is 83.6. The number of hydrogen-bond acceptors (Lipinski definition) is 7. The molecular formula is C34H28Br2Cl2F6O3S4. The first-order chi connectivity index (χ1) is 24.0. The number of halogens is 10. The molecular weight excluding hydrogens is 929 g/mol. The Bertz CT molecular complexity index is 1720. The number of ether oxygens (including phenoxy) is 2. The normalized spacial score (nSPS) is 13.7. The average molecular weight is 958 g/mol. The Hall–Kier alpha value is -1.33. The molecule has 1 fully saturated rings. The number of thioether (sulfide) groups is 2. The van der Waals surface area contributed by atoms with Gasteiger partial charge in [0.1, 0.15) is 15.6 Å². The highest BCUT2D eigenvalue weighted by Crippen LogP contribution is 2.58. The molecule has 3 nitrogen and oxygen atoms in total. The molecule has 4 aromatic carbocycles. The van der Waals surface area contributed by atoms with Crippen molar-refractivity contribution in [1.29, 1.82) is 0 Å². The van der Waals surface area contributed by atoms with E-state index in [1.165, 1.54) is 24.3 Å². The molecule has 0 atom stereocenters. The molecule has 5 rings (SSSR count). The molecule has 0 aliphatic carbocycles. The van der Waals surface area contributed by atoms with Crippen molar-refractivity contribution in [3.63, 3.8) is 0 Å². The van der Waals surface area contributed by atoms with Crippen LogP contribution in [0.2, 0.25) is 10.0 Å². The van der Waals surface area contributed by atoms with Gasteiger partial charge < -0.3 is 9.47 Å². The molecule has 0 unspecified atom stereocenters. The second kappa shape index (κ2) is 20.4. The predicted molar refractivity (Wildman–Crippen MR) is 211 cm³/mol. The van der Waals surface area contributed by atoms with Crippen molar-refractivity contribution in [1.82, 2.24) is 0 Å². The zero-order chi connectivity index (χ0) is 37.8. The Morgan fingerprint density at radius 3 is 1.63 bits per heavy atom. The van der Waals surface area contributed by atoms with Gasteiger partial charge in [0.2, 0.25) is 0 Å². The summed E-state index contributed by atoms with van der Waals surface area (Å²) in [5.74, 6) is 3.61. The third-order valence-corrected chi connectivity index (χ3v) is 12.4. The molecule has 0 radical (unpaired) electrons. The van der Waals surface area contributed by atoms with Crippen molar-refractivity contribution in [2.24, 2.45) is 0 Å². The molecule has 51 heavy (non-hydrogen) atoms. The van der Waals surface area contributed by atoms with Crippen LogP contribution in [0.15, 0.2) is 93.9 Å². The maximum atomic E-state index is 12.3. The Morgan fingerprint density at radius 1 is 0.706 bits per heavy atom. The largest absolute Gasteiger partial charge is 0.484 e. The van der Waals surface area contributed by atoms with Crippen LogP contribution in [0.1, 0.15) is 27.0 Å². The fourth-order valence-electron chi connectivity index (χ4n) is 4.27. The number of alkyl halides is 6. The van der Waals surface area contributed by atoms with Gasteiger partial charge in [-0.15, -0.1) is 23.5 Å². The monoisotopic (exact) mass is 954 g/mol. The van der Waals surface area contributed by atoms with E-state index < -0.39 is 25.6 Å². The number of thiol groups is 2. The highest BCUT2D eigenvalue weighted by atomic mass is 79.9. The summed E-state index contributed by atoms with van der Waals surface area (Å²) in [6, 6.07) is 22.8. The van der Waals surface area contributed by atoms with Crippen LogP contribution in [0.4, 0.5) is 26.3 Å². The van der Waals surface area contributed by atoms with Crippen molar-refractivity contribution in [3.05, 3.63) is 126 Å². The maximum absolute atomic E-state index is 12.3. The van der Waals surface area contributed by atoms with Crippen LogP contribution in [0.25, 0.3) is 0 Å². The first-order valence-corrected chi connectivity index (χ1v) is 20.1. The van der Waals surface area contributed by atoms with Crippen molar-refractivity contribution < 1.29 is 40.6 Å². The first-order valence-electron chi connectivity index (χ1n) is 14.5. The Labute approximate surface area is 338 Å². The molecule has 0 bridgehead atoms. The van der Waals surface area contributed by atoms with Gasteiger partial charge >= 0.3 is 12.4 Å². The molecule has 1 saturated heterocycles. The fraction of sp³-hybridized carbons (Fsp3) is 0.265. The maximum Gasteiger partial charge on any atom is 0.422 e. The van der Waals surface area contributed by atoms with Gasteiger partial charge in [0, 0.05) is 42.2 Å². The van der Waals surface area contributed by atoms with Crippen LogP contribution in [0.3, 0.4) is 0 Å². The van der Waals surface area contributed by atoms with E-state index in [1.54, 1.807) is 53.9 Å². The summed E-state index contributed by atoms with van der Waals surface area (Å²) in [6.07, 6.45) is -8.75. The van der Waals surface area contributed by atoms with Gasteiger partial charge in [0.25, 0.3) is 0 Å². The lowest BCUT2D eigenvalue weighted by Gasteiger charge is -2.30. The second-order valence-electron chi connectivity index (χ2n) is 10.2. The van der Waals surface area contributed by atoms with E-state index in [0.717, 1.165) is 38.6 Å². The topological polar surface area (TPSA) is 35.5 Å². The van der Waals surface area contributed by atoms with Gasteiger partial charge in [-0.25, -0.2) is 0 Å². The zero-order valence-corrected chi connectivity index (χ0v) is 34.1. The number of hydrogen-bond donors (Lipinski definition) is 2. The smallest absolute Gasteiger partial charge is 0.422 e. The van der Waals surface area contributed by atoms with E-state index in [0.29, 0.717) is 25.6 Å². The lowest BCUT2D eigenvalue weighted by Crippen LogP contribution is -2.19. The molecule has 0 N–H and O–H groups in total. The molecule has 4 aromatic rings. The van der Waals surface area contributed by atoms with Crippen molar-refractivity contribution in [3.8, 4) is 11.5 Å². The minimum absolute atomic E-state index is 0.0363. The van der Waals surface area contributed by atoms with E-state index >= 15 is 0 Å². The molecule has 0 aromatic heterocycles. The van der Waals surface area contributed by atoms with E-state index in [1.807, 2.05) is 30.3 Å². The minimum atomic E-state index is -4.40. The Kier molecular flexibility index (Phi) is 17.6. The first kappa shape index (κ1) is 44.1. The van der Waals surface area contributed by atoms with Crippen LogP contribution in [-0.2, 0) is 4.08 Å². The van der Waals surface area contributed by atoms with Gasteiger partial charge in [-0.3, -0.25) is 4.79 Å². The number of benzene rings is 4. The summed E-state index contributed by atoms with van der Waals surface area (Å²) in [4.78, 5) is 12.3. The predicted octanol–water partition coefficient (Wildman–Crippen LogP) is 12.8. The Morgan fingerprint density at radius 2 is 1.16 bits per heavy atom. The molecule has 0 saturated carbocycles. The third kappa shape index (κ3) is 14.1. The molecule has 17 heteroatoms. The number of carbonyl (C=O) groups is 1. The number of carbonyl (C=O) groups excluding carboxylic acids is 1. The minimum Gasteiger partial charge on any atom is -0.484 e. The standard InChI is InChI=1S/C17H13BrClF3OS2.C15H9BrClF3O2.C2H6S2/c18-12-3-6-15(19)14(9-12)17(24-7-8-25-17)11-1-4-13(5-2-11)23-10-16(20,21)22;16-10-3-6-13(17)12(7-10)14(21)9-1-4-11(5-2-9)22-8-15(18,19)20;3-1-2-4/h1-6,9H,7-8,10H2;1-7H,8H2;3-4H,1-2H2. The van der Waals surface area contributed by atoms with Crippen molar-refractivity contribution in [2.75, 3.05) is 36.2 Å². The van der Waals surface area contributed by atoms with Crippen LogP contribution in [0, 0.1) is 0 Å². The van der Waals surface area contributed by atoms with Gasteiger partial charge in [0.15, 0.2) is 19.0 Å². The second-order valence-corrected chi connectivity index (χ2v) is 16.6. The van der Waals surface area contributed by atoms with Gasteiger partial charge in [-0.2, -0.15) is 51.6 Å². The van der Waals surface area contributed by atoms with Crippen molar-refractivity contribution in [2.45, 2.75) is 16.4 Å². The Balaban J connectivity index is 0.000000251. The summed E-state index contributed by atoms with van der Waals surface area (Å²) in [5, 5.41) is 0.966. The van der Waals surface area contributed by atoms with Crippen LogP contribution >= 0.6 is 104 Å². The number of rotatable bonds is 9. The van der Waals surface area contributed by atoms with Gasteiger partial charge in [-0.05, 0) is 89.9 Å². The zero-order valence-electron chi connectivity index (χ0n) is 26.0. The third-order valence-electron chi connectivity index (χ3n) is 6.41. The van der Waals surface area contributed by atoms with Crippen LogP contribution in [0.5, 0.6) is 11.5 Å². The highest BCUT2D eigenvalue weighted by molar-refractivity contribution is 9.10. The summed E-state index contributed by atoms with van der Waals surface area (Å²) >= 11 is 30.4. The fourth-order valence-corrected chi connectivity index (χ4v) is 8.90. The molecule has 1 aliphatic heterocycles. The lowest BCUT2D eigenvalue weighted by molar-refractivity contribution is -0.154. The average Bonchev–Trinajstić information content (AvgIpc) is 3.59. The van der Waals surface area contributed by atoms with E-state index in [-0.39, 0.29) is 21.4 Å². The molecule has 0 spiro atoms. The lowest BCUT2D eigenvalue weighted by atomic mass is 10.0. The summed E-state index contributed by atoms with van der Waals surface area (Å²) in [7, 11) is 0.